The van der Waals surface area contributed by atoms with E-state index < -0.39 is 5.60 Å². The number of halogens is 1. The highest BCUT2D eigenvalue weighted by Crippen LogP contribution is 2.29. The molecule has 3 saturated heterocycles. The van der Waals surface area contributed by atoms with E-state index in [9.17, 15) is 9.59 Å². The minimum atomic E-state index is -0.899. The van der Waals surface area contributed by atoms with Gasteiger partial charge in [0, 0.05) is 31.1 Å². The van der Waals surface area contributed by atoms with Gasteiger partial charge in [-0.05, 0) is 69.6 Å². The van der Waals surface area contributed by atoms with Crippen molar-refractivity contribution < 1.29 is 23.8 Å². The molecule has 0 saturated carbocycles. The lowest BCUT2D eigenvalue weighted by Crippen LogP contribution is -2.59. The van der Waals surface area contributed by atoms with Crippen molar-refractivity contribution in [3.63, 3.8) is 0 Å². The number of likely N-dealkylation sites (tertiary alicyclic amines) is 1. The average molecular weight is 508 g/mol. The number of amides is 2. The molecule has 2 amide bonds. The molecule has 0 aliphatic carbocycles. The average Bonchev–Trinajstić information content (AvgIpc) is 2.87. The summed E-state index contributed by atoms with van der Waals surface area (Å²) >= 11 is 6.17. The Bertz CT molecular complexity index is 886. The number of benzene rings is 1. The Balaban J connectivity index is 1.45. The molecule has 8 nitrogen and oxygen atoms in total. The van der Waals surface area contributed by atoms with Crippen molar-refractivity contribution in [2.45, 2.75) is 38.2 Å². The molecular formula is C26H38ClN3O5. The van der Waals surface area contributed by atoms with E-state index in [1.54, 1.807) is 6.07 Å². The predicted octanol–water partition coefficient (Wildman–Crippen LogP) is 2.61. The fourth-order valence-electron chi connectivity index (χ4n) is 5.07. The minimum Gasteiger partial charge on any atom is -0.490 e. The second-order valence-electron chi connectivity index (χ2n) is 10.2. The standard InChI is InChI=1S/C26H38ClN3O5/c1-20-15-22(3-4-23(20)27)34-19-26(17-25(32)29-9-12-33-13-10-29)18-30(11-14-35-26)24(31)16-21-5-7-28(2)8-6-21/h3-4,15,21H,5-14,16-19H2,1-2H3/t26-/m0/s1. The number of carbonyl (C=O) groups excluding carboxylic acids is 2. The van der Waals surface area contributed by atoms with Gasteiger partial charge in [-0.2, -0.15) is 0 Å². The topological polar surface area (TPSA) is 71.5 Å². The molecule has 1 atom stereocenters. The third-order valence-electron chi connectivity index (χ3n) is 7.37. The summed E-state index contributed by atoms with van der Waals surface area (Å²) in [5, 5.41) is 0.675. The van der Waals surface area contributed by atoms with E-state index in [2.05, 4.69) is 11.9 Å². The van der Waals surface area contributed by atoms with Crippen molar-refractivity contribution in [3.8, 4) is 5.75 Å². The molecule has 1 aromatic rings. The maximum atomic E-state index is 13.3. The maximum Gasteiger partial charge on any atom is 0.225 e. The summed E-state index contributed by atoms with van der Waals surface area (Å²) in [6, 6.07) is 5.50. The first-order valence-corrected chi connectivity index (χ1v) is 13.1. The monoisotopic (exact) mass is 507 g/mol. The molecule has 9 heteroatoms. The zero-order valence-corrected chi connectivity index (χ0v) is 21.7. The summed E-state index contributed by atoms with van der Waals surface area (Å²) in [4.78, 5) is 32.5. The van der Waals surface area contributed by atoms with E-state index in [1.807, 2.05) is 28.9 Å². The smallest absolute Gasteiger partial charge is 0.225 e. The van der Waals surface area contributed by atoms with Crippen LogP contribution in [-0.2, 0) is 19.1 Å². The summed E-state index contributed by atoms with van der Waals surface area (Å²) in [6.07, 6.45) is 2.81. The molecular weight excluding hydrogens is 470 g/mol. The summed E-state index contributed by atoms with van der Waals surface area (Å²) in [5.41, 5.74) is 0.0194. The van der Waals surface area contributed by atoms with Crippen LogP contribution in [-0.4, -0.2) is 105 Å². The highest BCUT2D eigenvalue weighted by atomic mass is 35.5. The maximum absolute atomic E-state index is 13.3. The normalized spacial score (nSPS) is 24.4. The van der Waals surface area contributed by atoms with Gasteiger partial charge < -0.3 is 28.9 Å². The zero-order valence-electron chi connectivity index (χ0n) is 21.0. The van der Waals surface area contributed by atoms with Gasteiger partial charge in [0.25, 0.3) is 0 Å². The van der Waals surface area contributed by atoms with Crippen LogP contribution in [0.4, 0.5) is 0 Å². The van der Waals surface area contributed by atoms with E-state index in [0.717, 1.165) is 31.5 Å². The minimum absolute atomic E-state index is 0.00815. The molecule has 194 valence electrons. The molecule has 3 heterocycles. The van der Waals surface area contributed by atoms with E-state index in [4.69, 9.17) is 25.8 Å². The Hall–Kier alpha value is -1.87. The van der Waals surface area contributed by atoms with Crippen LogP contribution in [0.15, 0.2) is 18.2 Å². The number of ether oxygens (including phenoxy) is 3. The van der Waals surface area contributed by atoms with Gasteiger partial charge in [0.05, 0.1) is 32.8 Å². The first-order chi connectivity index (χ1) is 16.8. The number of hydrogen-bond donors (Lipinski definition) is 0. The molecule has 0 radical (unpaired) electrons. The summed E-state index contributed by atoms with van der Waals surface area (Å²) in [6.45, 7) is 7.69. The van der Waals surface area contributed by atoms with Crippen molar-refractivity contribution in [3.05, 3.63) is 28.8 Å². The van der Waals surface area contributed by atoms with Crippen LogP contribution in [0.1, 0.15) is 31.2 Å². The Morgan fingerprint density at radius 1 is 1.06 bits per heavy atom. The lowest BCUT2D eigenvalue weighted by molar-refractivity contribution is -0.167. The number of carbonyl (C=O) groups is 2. The van der Waals surface area contributed by atoms with Crippen molar-refractivity contribution in [2.75, 3.05) is 72.7 Å². The number of piperidine rings is 1. The van der Waals surface area contributed by atoms with Gasteiger partial charge in [-0.25, -0.2) is 0 Å². The molecule has 3 aliphatic rings. The first-order valence-electron chi connectivity index (χ1n) is 12.7. The molecule has 0 bridgehead atoms. The Morgan fingerprint density at radius 2 is 1.77 bits per heavy atom. The number of rotatable bonds is 7. The third-order valence-corrected chi connectivity index (χ3v) is 7.80. The summed E-state index contributed by atoms with van der Waals surface area (Å²) in [7, 11) is 2.13. The number of hydrogen-bond acceptors (Lipinski definition) is 6. The second-order valence-corrected chi connectivity index (χ2v) is 10.6. The lowest BCUT2D eigenvalue weighted by Gasteiger charge is -2.43. The molecule has 0 N–H and O–H groups in total. The van der Waals surface area contributed by atoms with Crippen molar-refractivity contribution >= 4 is 23.4 Å². The highest BCUT2D eigenvalue weighted by molar-refractivity contribution is 6.31. The zero-order chi connectivity index (χ0) is 24.8. The van der Waals surface area contributed by atoms with Gasteiger partial charge >= 0.3 is 0 Å². The van der Waals surface area contributed by atoms with Gasteiger partial charge in [0.1, 0.15) is 18.0 Å². The Kier molecular flexibility index (Phi) is 8.92. The number of morpholine rings is 2. The molecule has 3 aliphatic heterocycles. The molecule has 0 unspecified atom stereocenters. The lowest BCUT2D eigenvalue weighted by atomic mass is 9.92. The quantitative estimate of drug-likeness (QED) is 0.565. The first kappa shape index (κ1) is 26.2. The van der Waals surface area contributed by atoms with E-state index >= 15 is 0 Å². The van der Waals surface area contributed by atoms with Crippen LogP contribution < -0.4 is 4.74 Å². The van der Waals surface area contributed by atoms with Crippen LogP contribution in [0.3, 0.4) is 0 Å². The van der Waals surface area contributed by atoms with Gasteiger partial charge in [-0.1, -0.05) is 11.6 Å². The van der Waals surface area contributed by atoms with Gasteiger partial charge in [0.15, 0.2) is 0 Å². The van der Waals surface area contributed by atoms with Crippen LogP contribution in [0.5, 0.6) is 5.75 Å². The van der Waals surface area contributed by atoms with E-state index in [1.165, 1.54) is 0 Å². The van der Waals surface area contributed by atoms with E-state index in [0.29, 0.717) is 69.1 Å². The van der Waals surface area contributed by atoms with Crippen molar-refractivity contribution in [1.82, 2.24) is 14.7 Å². The summed E-state index contributed by atoms with van der Waals surface area (Å²) < 4.78 is 17.8. The molecule has 4 rings (SSSR count). The number of nitrogens with zero attached hydrogens (tertiary/aromatic N) is 3. The fourth-order valence-corrected chi connectivity index (χ4v) is 5.18. The van der Waals surface area contributed by atoms with Gasteiger partial charge in [0.2, 0.25) is 11.8 Å². The highest BCUT2D eigenvalue weighted by Gasteiger charge is 2.42. The van der Waals surface area contributed by atoms with Gasteiger partial charge in [-0.3, -0.25) is 9.59 Å². The third kappa shape index (κ3) is 7.09. The van der Waals surface area contributed by atoms with Crippen LogP contribution in [0.2, 0.25) is 5.02 Å². The Labute approximate surface area is 213 Å². The molecule has 0 aromatic heterocycles. The van der Waals surface area contributed by atoms with Crippen LogP contribution in [0, 0.1) is 12.8 Å². The van der Waals surface area contributed by atoms with Crippen LogP contribution >= 0.6 is 11.6 Å². The number of aryl methyl sites for hydroxylation is 1. The van der Waals surface area contributed by atoms with E-state index in [-0.39, 0.29) is 24.8 Å². The fraction of sp³-hybridized carbons (Fsp3) is 0.692. The SMILES string of the molecule is Cc1cc(OC[C@]2(CC(=O)N3CCOCC3)CN(C(=O)CC3CCN(C)CC3)CCO2)ccc1Cl. The molecule has 3 fully saturated rings. The molecule has 0 spiro atoms. The second kappa shape index (κ2) is 11.9. The van der Waals surface area contributed by atoms with Crippen molar-refractivity contribution in [1.29, 1.82) is 0 Å². The van der Waals surface area contributed by atoms with Crippen molar-refractivity contribution in [2.24, 2.45) is 5.92 Å². The van der Waals surface area contributed by atoms with Gasteiger partial charge in [-0.15, -0.1) is 0 Å². The molecule has 35 heavy (non-hydrogen) atoms. The molecule has 1 aromatic carbocycles. The predicted molar refractivity (Wildman–Crippen MR) is 134 cm³/mol. The Morgan fingerprint density at radius 3 is 2.49 bits per heavy atom. The van der Waals surface area contributed by atoms with Crippen LogP contribution in [0.25, 0.3) is 0 Å². The largest absolute Gasteiger partial charge is 0.490 e. The summed E-state index contributed by atoms with van der Waals surface area (Å²) in [5.74, 6) is 1.24.